The van der Waals surface area contributed by atoms with Gasteiger partial charge in [0.1, 0.15) is 29.0 Å². The van der Waals surface area contributed by atoms with Crippen molar-refractivity contribution < 1.29 is 19.5 Å². The Balaban J connectivity index is 0.000000178. The molecule has 362 valence electrons. The predicted molar refractivity (Wildman–Crippen MR) is 284 cm³/mol. The maximum atomic E-state index is 12.0. The molecule has 0 saturated carbocycles. The van der Waals surface area contributed by atoms with Crippen LogP contribution in [0.15, 0.2) is 146 Å². The number of nitrogens with one attached hydrogen (secondary N) is 4. The monoisotopic (exact) mass is 958 g/mol. The third-order valence-corrected chi connectivity index (χ3v) is 12.2. The zero-order valence-corrected chi connectivity index (χ0v) is 40.8. The van der Waals surface area contributed by atoms with Crippen molar-refractivity contribution in [2.75, 3.05) is 38.8 Å². The topological polar surface area (TPSA) is 195 Å². The highest BCUT2D eigenvalue weighted by atomic mass is 16.3. The number of aromatic nitrogens is 8. The van der Waals surface area contributed by atoms with Gasteiger partial charge >= 0.3 is 12.1 Å². The molecule has 4 amide bonds. The Bertz CT molecular complexity index is 3570. The fourth-order valence-corrected chi connectivity index (χ4v) is 8.33. The van der Waals surface area contributed by atoms with Gasteiger partial charge < -0.3 is 35.5 Å². The lowest BCUT2D eigenvalue weighted by Gasteiger charge is -2.12. The number of aryl methyl sites for hydroxylation is 2. The summed E-state index contributed by atoms with van der Waals surface area (Å²) in [4.78, 5) is 54.1. The second kappa shape index (κ2) is 20.8. The Kier molecular flexibility index (Phi) is 13.9. The summed E-state index contributed by atoms with van der Waals surface area (Å²) in [6.07, 6.45) is 8.54. The number of hydrogen-bond donors (Lipinski definition) is 5. The summed E-state index contributed by atoms with van der Waals surface area (Å²) in [5.74, 6) is 0. The van der Waals surface area contributed by atoms with E-state index in [-0.39, 0.29) is 18.7 Å². The molecule has 16 heteroatoms. The number of rotatable bonds is 12. The Hall–Kier alpha value is -9.15. The molecule has 4 aromatic carbocycles. The molecule has 0 unspecified atom stereocenters. The first-order valence-electron chi connectivity index (χ1n) is 23.5. The largest absolute Gasteiger partial charge is 0.392 e. The quantitative estimate of drug-likeness (QED) is 0.0746. The fourth-order valence-electron chi connectivity index (χ4n) is 8.33. The van der Waals surface area contributed by atoms with Crippen LogP contribution in [0, 0.1) is 0 Å². The second-order valence-electron chi connectivity index (χ2n) is 17.5. The molecule has 16 nitrogen and oxygen atoms in total. The molecular formula is C56H54N12O4. The number of anilines is 2. The van der Waals surface area contributed by atoms with Gasteiger partial charge in [-0.25, -0.2) is 19.6 Å². The number of H-pyrrole nitrogens is 2. The summed E-state index contributed by atoms with van der Waals surface area (Å²) in [6, 6.07) is 38.5. The van der Waals surface area contributed by atoms with Crippen molar-refractivity contribution in [3.05, 3.63) is 157 Å². The molecule has 0 aliphatic carbocycles. The van der Waals surface area contributed by atoms with Crippen molar-refractivity contribution >= 4 is 51.8 Å². The minimum atomic E-state index is -0.181. The van der Waals surface area contributed by atoms with Crippen LogP contribution in [0.1, 0.15) is 29.8 Å². The summed E-state index contributed by atoms with van der Waals surface area (Å²) in [5, 5.41) is 26.9. The molecular weight excluding hydrogens is 905 g/mol. The van der Waals surface area contributed by atoms with Crippen LogP contribution in [-0.4, -0.2) is 101 Å². The van der Waals surface area contributed by atoms with Crippen molar-refractivity contribution in [1.82, 2.24) is 49.3 Å². The zero-order chi connectivity index (χ0) is 50.5. The Morgan fingerprint density at radius 3 is 1.47 bits per heavy atom. The Morgan fingerprint density at radius 1 is 0.583 bits per heavy atom. The van der Waals surface area contributed by atoms with Crippen LogP contribution >= 0.6 is 0 Å². The molecule has 0 spiro atoms. The highest BCUT2D eigenvalue weighted by Crippen LogP contribution is 2.39. The summed E-state index contributed by atoms with van der Waals surface area (Å²) < 4.78 is 3.84. The molecule has 0 bridgehead atoms. The number of nitrogens with zero attached hydrogens (tertiary/aromatic N) is 8. The van der Waals surface area contributed by atoms with E-state index >= 15 is 0 Å². The first-order chi connectivity index (χ1) is 34.9. The number of aliphatic hydroxyl groups excluding tert-OH is 1. The minimum absolute atomic E-state index is 0.00521. The molecule has 0 atom stereocenters. The third kappa shape index (κ3) is 10.1. The van der Waals surface area contributed by atoms with Gasteiger partial charge in [0.2, 0.25) is 0 Å². The van der Waals surface area contributed by atoms with Crippen molar-refractivity contribution in [3.8, 4) is 67.3 Å². The van der Waals surface area contributed by atoms with Crippen LogP contribution in [0.5, 0.6) is 0 Å². The maximum absolute atomic E-state index is 12.0. The third-order valence-electron chi connectivity index (χ3n) is 12.2. The van der Waals surface area contributed by atoms with Gasteiger partial charge in [0.05, 0.1) is 6.61 Å². The molecule has 10 rings (SSSR count). The molecule has 5 N–H and O–H groups in total. The normalized spacial score (nSPS) is 11.0. The highest BCUT2D eigenvalue weighted by Gasteiger charge is 2.20. The number of carbonyl (C=O) groups is 3. The van der Waals surface area contributed by atoms with E-state index in [0.29, 0.717) is 11.3 Å². The summed E-state index contributed by atoms with van der Waals surface area (Å²) in [6.45, 7) is 5.58. The first-order valence-corrected chi connectivity index (χ1v) is 23.5. The molecule has 0 saturated heterocycles. The van der Waals surface area contributed by atoms with Crippen LogP contribution in [0.4, 0.5) is 21.0 Å². The second-order valence-corrected chi connectivity index (χ2v) is 17.5. The molecule has 0 aliphatic heterocycles. The van der Waals surface area contributed by atoms with Crippen LogP contribution in [0.25, 0.3) is 89.4 Å². The number of aromatic amines is 2. The number of amides is 4. The zero-order valence-electron chi connectivity index (χ0n) is 40.8. The minimum Gasteiger partial charge on any atom is -0.392 e. The molecule has 0 fully saturated rings. The number of pyridine rings is 2. The van der Waals surface area contributed by atoms with E-state index in [9.17, 15) is 19.5 Å². The Morgan fingerprint density at radius 2 is 1.04 bits per heavy atom. The van der Waals surface area contributed by atoms with Gasteiger partial charge in [-0.2, -0.15) is 10.2 Å². The van der Waals surface area contributed by atoms with E-state index in [2.05, 4.69) is 62.7 Å². The number of aliphatic hydroxyl groups is 1. The molecule has 0 aliphatic rings. The van der Waals surface area contributed by atoms with Crippen molar-refractivity contribution in [3.63, 3.8) is 0 Å². The van der Waals surface area contributed by atoms with Crippen LogP contribution in [-0.2, 0) is 19.7 Å². The average Bonchev–Trinajstić information content (AvgIpc) is 4.24. The number of urea groups is 2. The maximum Gasteiger partial charge on any atom is 0.321 e. The van der Waals surface area contributed by atoms with Crippen molar-refractivity contribution in [1.29, 1.82) is 0 Å². The van der Waals surface area contributed by atoms with E-state index in [1.165, 1.54) is 9.80 Å². The van der Waals surface area contributed by atoms with Gasteiger partial charge in [-0.1, -0.05) is 60.7 Å². The van der Waals surface area contributed by atoms with E-state index in [1.807, 2.05) is 119 Å². The fraction of sp³-hybridized carbons (Fsp3) is 0.161. The predicted octanol–water partition coefficient (Wildman–Crippen LogP) is 11.1. The smallest absolute Gasteiger partial charge is 0.321 e. The molecule has 72 heavy (non-hydrogen) atoms. The van der Waals surface area contributed by atoms with Crippen LogP contribution in [0.2, 0.25) is 0 Å². The van der Waals surface area contributed by atoms with Crippen LogP contribution < -0.4 is 10.6 Å². The van der Waals surface area contributed by atoms with E-state index in [4.69, 9.17) is 10.2 Å². The van der Waals surface area contributed by atoms with E-state index in [0.717, 1.165) is 120 Å². The van der Waals surface area contributed by atoms with Gasteiger partial charge in [0, 0.05) is 127 Å². The Labute approximate surface area is 416 Å². The summed E-state index contributed by atoms with van der Waals surface area (Å²) >= 11 is 0. The van der Waals surface area contributed by atoms with E-state index < -0.39 is 0 Å². The molecule has 6 heterocycles. The summed E-state index contributed by atoms with van der Waals surface area (Å²) in [7, 11) is 6.82. The van der Waals surface area contributed by atoms with Gasteiger partial charge in [-0.05, 0) is 102 Å². The lowest BCUT2D eigenvalue weighted by Crippen LogP contribution is -2.27. The molecule has 6 aromatic heterocycles. The average molecular weight is 959 g/mol. The van der Waals surface area contributed by atoms with E-state index in [1.54, 1.807) is 46.7 Å². The van der Waals surface area contributed by atoms with Gasteiger partial charge in [0.15, 0.2) is 0 Å². The summed E-state index contributed by atoms with van der Waals surface area (Å²) in [5.41, 5.74) is 15.8. The van der Waals surface area contributed by atoms with Gasteiger partial charge in [-0.3, -0.25) is 14.2 Å². The van der Waals surface area contributed by atoms with Crippen molar-refractivity contribution in [2.45, 2.75) is 33.5 Å². The highest BCUT2D eigenvalue weighted by molar-refractivity contribution is 6.01. The molecule has 10 aromatic rings. The number of fused-ring (bicyclic) bond motifs is 2. The number of carbonyl (C=O) groups excluding carboxylic acids is 3. The first kappa shape index (κ1) is 47.9. The number of hydrogen-bond acceptors (Lipinski definition) is 8. The van der Waals surface area contributed by atoms with Gasteiger partial charge in [0.25, 0.3) is 0 Å². The molecule has 0 radical (unpaired) electrons. The standard InChI is InChI=1S/C28H28N6O2.C28H26N6O2/c2*1-4-34-16-24(26(32-34)19-8-10-21(11-9-19)30-28(36)33(2)3)22-12-13-29-27-23(22)15-25(31-27)20-7-5-6-18(14-20)17-35/h5-16,35H,4,17H2,1-3H3,(H,29,31)(H,30,36);5-17H,4H2,1-3H3,(H,29,31)(H,30,36). The number of benzene rings is 4. The lowest BCUT2D eigenvalue weighted by atomic mass is 10.00. The number of aldehydes is 1. The van der Waals surface area contributed by atoms with Crippen molar-refractivity contribution in [2.24, 2.45) is 0 Å². The van der Waals surface area contributed by atoms with Crippen LogP contribution in [0.3, 0.4) is 0 Å². The van der Waals surface area contributed by atoms with Gasteiger partial charge in [-0.15, -0.1) is 0 Å². The lowest BCUT2D eigenvalue weighted by molar-refractivity contribution is 0.112. The SMILES string of the molecule is CCn1cc(-c2ccnc3[nH]c(-c4cccc(C=O)c4)cc23)c(-c2ccc(NC(=O)N(C)C)cc2)n1.CCn1cc(-c2ccnc3[nH]c(-c4cccc(CO)c4)cc23)c(-c2ccc(NC(=O)N(C)C)cc2)n1.